The van der Waals surface area contributed by atoms with E-state index in [9.17, 15) is 4.79 Å². The van der Waals surface area contributed by atoms with E-state index < -0.39 is 0 Å². The van der Waals surface area contributed by atoms with Gasteiger partial charge in [-0.15, -0.1) is 0 Å². The zero-order chi connectivity index (χ0) is 14.5. The fourth-order valence-corrected chi connectivity index (χ4v) is 2.48. The number of hydrogen-bond acceptors (Lipinski definition) is 2. The van der Waals surface area contributed by atoms with E-state index in [0.29, 0.717) is 12.3 Å². The maximum Gasteiger partial charge on any atom is 0.219 e. The van der Waals surface area contributed by atoms with Gasteiger partial charge in [0.15, 0.2) is 0 Å². The molecule has 0 unspecified atom stereocenters. The van der Waals surface area contributed by atoms with E-state index >= 15 is 0 Å². The monoisotopic (exact) mass is 380 g/mol. The van der Waals surface area contributed by atoms with Gasteiger partial charge in [-0.3, -0.25) is 8.32 Å². The molecule has 0 aliphatic rings. The number of carbonyl (C=O) groups is 1. The number of rotatable bonds is 11. The van der Waals surface area contributed by atoms with E-state index in [1.54, 1.807) is 0 Å². The van der Waals surface area contributed by atoms with Crippen molar-refractivity contribution in [1.82, 2.24) is 8.85 Å². The first-order valence-electron chi connectivity index (χ1n) is 7.42. The van der Waals surface area contributed by atoms with Gasteiger partial charge in [0.2, 0.25) is 5.91 Å². The van der Waals surface area contributed by atoms with Crippen LogP contribution < -0.4 is 8.85 Å². The summed E-state index contributed by atoms with van der Waals surface area (Å²) >= 11 is 2.19. The topological polar surface area (TPSA) is 41.1 Å². The molecule has 0 rings (SSSR count). The standard InChI is InChI=1S/C15H29IN2O/c1-4-9-13(3)14(12-17-15(19)5-2)10-7-6-8-11-18-16/h9,14,18H,4-8,10-12H2,1-3H3,(H,17,19)/t14-/m0/s1. The van der Waals surface area contributed by atoms with Crippen molar-refractivity contribution < 1.29 is 4.79 Å². The van der Waals surface area contributed by atoms with Crippen LogP contribution in [0.5, 0.6) is 0 Å². The molecule has 0 bridgehead atoms. The lowest BCUT2D eigenvalue weighted by atomic mass is 9.93. The minimum absolute atomic E-state index is 0.156. The SMILES string of the molecule is CCC=C(C)[C@@H](CCCCCNI)CNC(=O)CC. The average Bonchev–Trinajstić information content (AvgIpc) is 2.41. The van der Waals surface area contributed by atoms with E-state index in [4.69, 9.17) is 0 Å². The average molecular weight is 380 g/mol. The Balaban J connectivity index is 4.11. The third kappa shape index (κ3) is 10.4. The van der Waals surface area contributed by atoms with Crippen LogP contribution in [0.2, 0.25) is 0 Å². The Morgan fingerprint density at radius 2 is 2.00 bits per heavy atom. The summed E-state index contributed by atoms with van der Waals surface area (Å²) < 4.78 is 3.15. The Labute approximate surface area is 132 Å². The number of hydrogen-bond donors (Lipinski definition) is 2. The molecule has 0 fully saturated rings. The summed E-state index contributed by atoms with van der Waals surface area (Å²) in [6.45, 7) is 8.13. The van der Waals surface area contributed by atoms with Gasteiger partial charge in [0, 0.05) is 42.4 Å². The summed E-state index contributed by atoms with van der Waals surface area (Å²) in [4.78, 5) is 11.4. The van der Waals surface area contributed by atoms with Crippen LogP contribution in [0.4, 0.5) is 0 Å². The van der Waals surface area contributed by atoms with Crippen molar-refractivity contribution in [2.75, 3.05) is 13.1 Å². The van der Waals surface area contributed by atoms with Gasteiger partial charge in [-0.2, -0.15) is 0 Å². The molecule has 0 aliphatic carbocycles. The van der Waals surface area contributed by atoms with Crippen LogP contribution in [0.3, 0.4) is 0 Å². The summed E-state index contributed by atoms with van der Waals surface area (Å²) in [5.41, 5.74) is 1.42. The quantitative estimate of drug-likeness (QED) is 0.246. The zero-order valence-corrected chi connectivity index (χ0v) is 14.8. The van der Waals surface area contributed by atoms with Crippen LogP contribution >= 0.6 is 22.9 Å². The fraction of sp³-hybridized carbons (Fsp3) is 0.800. The molecule has 0 spiro atoms. The highest BCUT2D eigenvalue weighted by Gasteiger charge is 2.11. The second-order valence-corrected chi connectivity index (χ2v) is 5.71. The van der Waals surface area contributed by atoms with E-state index in [2.05, 4.69) is 51.6 Å². The summed E-state index contributed by atoms with van der Waals surface area (Å²) in [6, 6.07) is 0. The van der Waals surface area contributed by atoms with E-state index in [-0.39, 0.29) is 5.91 Å². The fourth-order valence-electron chi connectivity index (χ4n) is 2.10. The highest BCUT2D eigenvalue weighted by atomic mass is 127. The summed E-state index contributed by atoms with van der Waals surface area (Å²) in [5, 5.41) is 3.03. The first kappa shape index (κ1) is 18.9. The van der Waals surface area contributed by atoms with Crippen molar-refractivity contribution >= 4 is 28.8 Å². The molecule has 3 nitrogen and oxygen atoms in total. The molecule has 0 aromatic rings. The molecule has 2 N–H and O–H groups in total. The molecule has 1 atom stereocenters. The number of amides is 1. The molecule has 0 aliphatic heterocycles. The van der Waals surface area contributed by atoms with E-state index in [0.717, 1.165) is 19.5 Å². The Bertz CT molecular complexity index is 267. The van der Waals surface area contributed by atoms with Gasteiger partial charge in [0.05, 0.1) is 0 Å². The van der Waals surface area contributed by atoms with Crippen molar-refractivity contribution in [2.24, 2.45) is 5.92 Å². The maximum atomic E-state index is 11.4. The minimum atomic E-state index is 0.156. The Hall–Kier alpha value is -0.100. The van der Waals surface area contributed by atoms with Crippen molar-refractivity contribution in [3.05, 3.63) is 11.6 Å². The van der Waals surface area contributed by atoms with Crippen LogP contribution in [0.25, 0.3) is 0 Å². The minimum Gasteiger partial charge on any atom is -0.356 e. The van der Waals surface area contributed by atoms with Gasteiger partial charge < -0.3 is 5.32 Å². The van der Waals surface area contributed by atoms with Crippen molar-refractivity contribution in [3.8, 4) is 0 Å². The molecule has 0 heterocycles. The largest absolute Gasteiger partial charge is 0.356 e. The van der Waals surface area contributed by atoms with E-state index in [1.165, 1.54) is 31.3 Å². The van der Waals surface area contributed by atoms with Gasteiger partial charge in [0.1, 0.15) is 0 Å². The molecule has 0 saturated carbocycles. The molecule has 0 aromatic heterocycles. The summed E-state index contributed by atoms with van der Waals surface area (Å²) in [7, 11) is 0. The lowest BCUT2D eigenvalue weighted by Crippen LogP contribution is -2.29. The van der Waals surface area contributed by atoms with Crippen LogP contribution in [-0.4, -0.2) is 19.0 Å². The first-order valence-corrected chi connectivity index (χ1v) is 8.50. The third-order valence-corrected chi connectivity index (χ3v) is 3.90. The lowest BCUT2D eigenvalue weighted by molar-refractivity contribution is -0.120. The molecule has 19 heavy (non-hydrogen) atoms. The van der Waals surface area contributed by atoms with Crippen LogP contribution in [0.1, 0.15) is 59.3 Å². The smallest absolute Gasteiger partial charge is 0.219 e. The normalized spacial score (nSPS) is 13.4. The van der Waals surface area contributed by atoms with Crippen LogP contribution in [0, 0.1) is 5.92 Å². The molecule has 0 aromatic carbocycles. The van der Waals surface area contributed by atoms with Crippen LogP contribution in [-0.2, 0) is 4.79 Å². The van der Waals surface area contributed by atoms with Crippen molar-refractivity contribution in [3.63, 3.8) is 0 Å². The second-order valence-electron chi connectivity index (χ2n) is 4.94. The first-order chi connectivity index (χ1) is 9.15. The number of allylic oxidation sites excluding steroid dienone is 1. The molecular weight excluding hydrogens is 351 g/mol. The number of carbonyl (C=O) groups excluding carboxylic acids is 1. The van der Waals surface area contributed by atoms with Crippen molar-refractivity contribution in [1.29, 1.82) is 0 Å². The number of unbranched alkanes of at least 4 members (excludes halogenated alkanes) is 2. The molecule has 112 valence electrons. The van der Waals surface area contributed by atoms with Gasteiger partial charge >= 0.3 is 0 Å². The molecule has 0 saturated heterocycles. The Kier molecular flexibility index (Phi) is 12.8. The second kappa shape index (κ2) is 12.9. The molecule has 4 heteroatoms. The van der Waals surface area contributed by atoms with Gasteiger partial charge in [-0.1, -0.05) is 38.3 Å². The number of nitrogens with one attached hydrogen (secondary N) is 2. The summed E-state index contributed by atoms with van der Waals surface area (Å²) in [5.74, 6) is 0.659. The third-order valence-electron chi connectivity index (χ3n) is 3.36. The van der Waals surface area contributed by atoms with E-state index in [1.807, 2.05) is 6.92 Å². The number of halogens is 1. The predicted molar refractivity (Wildman–Crippen MR) is 91.3 cm³/mol. The van der Waals surface area contributed by atoms with Gasteiger partial charge in [0.25, 0.3) is 0 Å². The van der Waals surface area contributed by atoms with Crippen LogP contribution in [0.15, 0.2) is 11.6 Å². The highest BCUT2D eigenvalue weighted by Crippen LogP contribution is 2.18. The molecular formula is C15H29IN2O. The van der Waals surface area contributed by atoms with Gasteiger partial charge in [-0.05, 0) is 32.1 Å². The highest BCUT2D eigenvalue weighted by molar-refractivity contribution is 14.1. The van der Waals surface area contributed by atoms with Crippen molar-refractivity contribution in [2.45, 2.75) is 59.3 Å². The maximum absolute atomic E-state index is 11.4. The summed E-state index contributed by atoms with van der Waals surface area (Å²) in [6.07, 6.45) is 8.83. The predicted octanol–water partition coefficient (Wildman–Crippen LogP) is 3.99. The zero-order valence-electron chi connectivity index (χ0n) is 12.6. The molecule has 0 radical (unpaired) electrons. The Morgan fingerprint density at radius 1 is 1.26 bits per heavy atom. The lowest BCUT2D eigenvalue weighted by Gasteiger charge is -2.18. The molecule has 1 amide bonds. The Morgan fingerprint density at radius 3 is 2.58 bits per heavy atom. The van der Waals surface area contributed by atoms with Gasteiger partial charge in [-0.25, -0.2) is 0 Å².